The second kappa shape index (κ2) is 6.33. The van der Waals surface area contributed by atoms with Gasteiger partial charge in [-0.1, -0.05) is 29.5 Å². The molecule has 1 aromatic carbocycles. The maximum Gasteiger partial charge on any atom is 0.311 e. The molecule has 0 spiro atoms. The Morgan fingerprint density at radius 2 is 2.04 bits per heavy atom. The van der Waals surface area contributed by atoms with Crippen LogP contribution in [0, 0.1) is 0 Å². The minimum atomic E-state index is -0.333. The van der Waals surface area contributed by atoms with Crippen molar-refractivity contribution in [1.29, 1.82) is 0 Å². The molecular weight excluding hydrogens is 338 g/mol. The van der Waals surface area contributed by atoms with Crippen molar-refractivity contribution >= 4 is 40.8 Å². The number of para-hydroxylation sites is 1. The van der Waals surface area contributed by atoms with E-state index in [0.29, 0.717) is 4.88 Å². The van der Waals surface area contributed by atoms with Gasteiger partial charge in [-0.2, -0.15) is 0 Å². The monoisotopic (exact) mass is 355 g/mol. The Balaban J connectivity index is 1.63. The van der Waals surface area contributed by atoms with E-state index in [9.17, 15) is 14.7 Å². The van der Waals surface area contributed by atoms with Gasteiger partial charge in [0, 0.05) is 30.4 Å². The molecule has 0 aliphatic carbocycles. The molecule has 1 N–H and O–H groups in total. The third kappa shape index (κ3) is 2.91. The molecule has 4 rings (SSSR count). The number of aromatic nitrogens is 1. The van der Waals surface area contributed by atoms with Crippen molar-refractivity contribution < 1.29 is 9.90 Å². The van der Waals surface area contributed by atoms with Gasteiger partial charge in [0.05, 0.1) is 10.6 Å². The first-order valence-corrected chi connectivity index (χ1v) is 9.00. The Hall–Kier alpha value is -2.67. The van der Waals surface area contributed by atoms with E-state index >= 15 is 0 Å². The Morgan fingerprint density at radius 1 is 1.28 bits per heavy atom. The number of carbonyl (C=O) groups excluding carboxylic acids is 1. The third-order valence-corrected chi connectivity index (χ3v) is 5.41. The minimum Gasteiger partial charge on any atom is -0.493 e. The van der Waals surface area contributed by atoms with E-state index in [0.717, 1.165) is 58.7 Å². The number of benzene rings is 1. The lowest BCUT2D eigenvalue weighted by atomic mass is 10.1. The molecule has 25 heavy (non-hydrogen) atoms. The second-order valence-corrected chi connectivity index (χ2v) is 7.10. The van der Waals surface area contributed by atoms with E-state index in [2.05, 4.69) is 4.99 Å². The average Bonchev–Trinajstić information content (AvgIpc) is 3.33. The number of thiazole rings is 1. The molecule has 1 saturated heterocycles. The summed E-state index contributed by atoms with van der Waals surface area (Å²) in [6.45, 7) is 1.33. The fraction of sp³-hybridized carbons (Fsp3) is 0.278. The van der Waals surface area contributed by atoms with E-state index in [1.807, 2.05) is 24.3 Å². The molecule has 0 radical (unpaired) electrons. The first-order valence-electron chi connectivity index (χ1n) is 8.19. The number of allylic oxidation sites excluding steroid dienone is 1. The molecule has 0 atom stereocenters. The number of aliphatic imine (C=N–C) groups is 1. The summed E-state index contributed by atoms with van der Waals surface area (Å²) in [5, 5.41) is 10.4. The van der Waals surface area contributed by atoms with Crippen LogP contribution in [0.3, 0.4) is 0 Å². The number of carbonyl (C=O) groups is 1. The topological polar surface area (TPSA) is 74.9 Å². The Kier molecular flexibility index (Phi) is 4.01. The highest BCUT2D eigenvalue weighted by Gasteiger charge is 2.22. The number of rotatable bonds is 3. The highest BCUT2D eigenvalue weighted by Crippen LogP contribution is 2.34. The summed E-state index contributed by atoms with van der Waals surface area (Å²) in [6, 6.07) is 7.69. The van der Waals surface area contributed by atoms with E-state index in [-0.39, 0.29) is 23.2 Å². The van der Waals surface area contributed by atoms with Crippen LogP contribution >= 0.6 is 11.3 Å². The molecule has 2 aromatic rings. The normalized spacial score (nSPS) is 17.4. The van der Waals surface area contributed by atoms with Gasteiger partial charge in [-0.25, -0.2) is 0 Å². The zero-order valence-electron chi connectivity index (χ0n) is 13.5. The van der Waals surface area contributed by atoms with Crippen LogP contribution in [0.15, 0.2) is 34.1 Å². The summed E-state index contributed by atoms with van der Waals surface area (Å²) in [4.78, 5) is 30.6. The molecule has 1 aromatic heterocycles. The van der Waals surface area contributed by atoms with Gasteiger partial charge in [-0.3, -0.25) is 19.1 Å². The number of hydrogen-bond donors (Lipinski definition) is 1. The zero-order chi connectivity index (χ0) is 17.4. The summed E-state index contributed by atoms with van der Waals surface area (Å²) in [5.74, 6) is -0.285. The molecule has 0 saturated carbocycles. The number of amides is 1. The molecule has 1 amide bonds. The molecule has 0 unspecified atom stereocenters. The summed E-state index contributed by atoms with van der Waals surface area (Å²) in [5.41, 5.74) is 2.66. The zero-order valence-corrected chi connectivity index (χ0v) is 14.3. The van der Waals surface area contributed by atoms with Gasteiger partial charge < -0.3 is 10.0 Å². The van der Waals surface area contributed by atoms with Gasteiger partial charge in [-0.15, -0.1) is 0 Å². The first kappa shape index (κ1) is 15.8. The lowest BCUT2D eigenvalue weighted by Crippen LogP contribution is -2.33. The lowest BCUT2D eigenvalue weighted by Gasteiger charge is -2.15. The summed E-state index contributed by atoms with van der Waals surface area (Å²) in [7, 11) is 0. The SMILES string of the molecule is O=C(Cn1c(O)c(C=C2C=Nc3ccccc32)sc1=O)N1CCCC1. The smallest absolute Gasteiger partial charge is 0.311 e. The standard InChI is InChI=1S/C18H17N3O3S/c22-16(20-7-3-4-8-20)11-21-17(23)15(25-18(21)24)9-12-10-19-14-6-2-1-5-13(12)14/h1-2,5-6,9-10,23H,3-4,7-8,11H2. The average molecular weight is 355 g/mol. The van der Waals surface area contributed by atoms with Crippen molar-refractivity contribution in [3.8, 4) is 5.88 Å². The van der Waals surface area contributed by atoms with Crippen molar-refractivity contribution in [1.82, 2.24) is 9.47 Å². The Labute approximate surface area is 148 Å². The Bertz CT molecular complexity index is 949. The molecule has 2 aliphatic rings. The van der Waals surface area contributed by atoms with Crippen molar-refractivity contribution in [3.05, 3.63) is 44.4 Å². The highest BCUT2D eigenvalue weighted by atomic mass is 32.1. The molecule has 3 heterocycles. The quantitative estimate of drug-likeness (QED) is 0.919. The summed E-state index contributed by atoms with van der Waals surface area (Å²) in [6.07, 6.45) is 5.44. The molecular formula is C18H17N3O3S. The third-order valence-electron chi connectivity index (χ3n) is 4.49. The first-order chi connectivity index (χ1) is 12.1. The van der Waals surface area contributed by atoms with Crippen molar-refractivity contribution in [2.45, 2.75) is 19.4 Å². The predicted molar refractivity (Wildman–Crippen MR) is 98.5 cm³/mol. The highest BCUT2D eigenvalue weighted by molar-refractivity contribution is 7.10. The van der Waals surface area contributed by atoms with Crippen LogP contribution in [0.4, 0.5) is 5.69 Å². The molecule has 6 nitrogen and oxygen atoms in total. The van der Waals surface area contributed by atoms with Crippen LogP contribution < -0.4 is 4.87 Å². The van der Waals surface area contributed by atoms with E-state index < -0.39 is 0 Å². The minimum absolute atomic E-state index is 0.116. The molecule has 7 heteroatoms. The van der Waals surface area contributed by atoms with Gasteiger partial charge in [0.1, 0.15) is 6.54 Å². The van der Waals surface area contributed by atoms with E-state index in [1.54, 1.807) is 17.2 Å². The van der Waals surface area contributed by atoms with Crippen LogP contribution in [0.1, 0.15) is 23.3 Å². The van der Waals surface area contributed by atoms with Crippen molar-refractivity contribution in [3.63, 3.8) is 0 Å². The van der Waals surface area contributed by atoms with Gasteiger partial charge in [0.25, 0.3) is 0 Å². The Morgan fingerprint density at radius 3 is 2.84 bits per heavy atom. The van der Waals surface area contributed by atoms with Crippen LogP contribution in [0.5, 0.6) is 5.88 Å². The predicted octanol–water partition coefficient (Wildman–Crippen LogP) is 2.49. The fourth-order valence-electron chi connectivity index (χ4n) is 3.14. The number of hydrogen-bond acceptors (Lipinski definition) is 5. The van der Waals surface area contributed by atoms with E-state index in [4.69, 9.17) is 0 Å². The van der Waals surface area contributed by atoms with Crippen LogP contribution in [-0.2, 0) is 11.3 Å². The number of likely N-dealkylation sites (tertiary alicyclic amines) is 1. The number of aromatic hydroxyl groups is 1. The van der Waals surface area contributed by atoms with Crippen molar-refractivity contribution in [2.75, 3.05) is 13.1 Å². The summed E-state index contributed by atoms with van der Waals surface area (Å²) >= 11 is 0.936. The molecule has 128 valence electrons. The maximum atomic E-state index is 12.3. The number of nitrogens with zero attached hydrogens (tertiary/aromatic N) is 3. The van der Waals surface area contributed by atoms with Gasteiger partial charge in [0.2, 0.25) is 11.8 Å². The number of fused-ring (bicyclic) bond motifs is 1. The van der Waals surface area contributed by atoms with Gasteiger partial charge in [0.15, 0.2) is 0 Å². The van der Waals surface area contributed by atoms with E-state index in [1.165, 1.54) is 0 Å². The fourth-order valence-corrected chi connectivity index (χ4v) is 3.98. The van der Waals surface area contributed by atoms with Crippen LogP contribution in [-0.4, -0.2) is 39.8 Å². The second-order valence-electron chi connectivity index (χ2n) is 6.10. The lowest BCUT2D eigenvalue weighted by molar-refractivity contribution is -0.130. The van der Waals surface area contributed by atoms with Crippen molar-refractivity contribution in [2.24, 2.45) is 4.99 Å². The van der Waals surface area contributed by atoms with Crippen LogP contribution in [0.2, 0.25) is 0 Å². The molecule has 0 bridgehead atoms. The van der Waals surface area contributed by atoms with Crippen LogP contribution in [0.25, 0.3) is 11.6 Å². The van der Waals surface area contributed by atoms with Gasteiger partial charge in [-0.05, 0) is 25.0 Å². The maximum absolute atomic E-state index is 12.3. The summed E-state index contributed by atoms with van der Waals surface area (Å²) < 4.78 is 1.15. The largest absolute Gasteiger partial charge is 0.493 e. The van der Waals surface area contributed by atoms with Gasteiger partial charge >= 0.3 is 4.87 Å². The molecule has 1 fully saturated rings. The molecule has 2 aliphatic heterocycles.